The summed E-state index contributed by atoms with van der Waals surface area (Å²) in [5.41, 5.74) is 5.00. The highest BCUT2D eigenvalue weighted by Crippen LogP contribution is 2.16. The van der Waals surface area contributed by atoms with Crippen molar-refractivity contribution in [2.75, 3.05) is 25.0 Å². The van der Waals surface area contributed by atoms with Crippen molar-refractivity contribution < 1.29 is 27.3 Å². The van der Waals surface area contributed by atoms with Gasteiger partial charge in [-0.1, -0.05) is 6.07 Å². The molecule has 0 aliphatic carbocycles. The third-order valence-corrected chi connectivity index (χ3v) is 3.76. The predicted octanol–water partition coefficient (Wildman–Crippen LogP) is 0.696. The topological polar surface area (TPSA) is 163 Å². The molecule has 0 heterocycles. The summed E-state index contributed by atoms with van der Waals surface area (Å²) in [5.74, 6) is -0.883. The molecule has 0 atom stereocenters. The number of anilines is 1. The lowest BCUT2D eigenvalue weighted by atomic mass is 10.2. The minimum Gasteiger partial charge on any atom is -0.449 e. The number of nitriles is 1. The molecule has 4 N–H and O–H groups in total. The molecule has 0 aromatic heterocycles. The van der Waals surface area contributed by atoms with Crippen molar-refractivity contribution in [2.24, 2.45) is 5.73 Å². The zero-order valence-corrected chi connectivity index (χ0v) is 14.7. The molecule has 0 bridgehead atoms. The van der Waals surface area contributed by atoms with Gasteiger partial charge in [0.05, 0.1) is 11.5 Å². The summed E-state index contributed by atoms with van der Waals surface area (Å²) < 4.78 is 36.1. The van der Waals surface area contributed by atoms with E-state index in [2.05, 4.69) is 5.32 Å². The van der Waals surface area contributed by atoms with Crippen molar-refractivity contribution in [3.63, 3.8) is 0 Å². The van der Waals surface area contributed by atoms with E-state index in [1.807, 2.05) is 0 Å². The molecule has 1 rings (SSSR count). The predicted molar refractivity (Wildman–Crippen MR) is 91.4 cm³/mol. The summed E-state index contributed by atoms with van der Waals surface area (Å²) in [7, 11) is -4.45. The van der Waals surface area contributed by atoms with Crippen LogP contribution in [0.2, 0.25) is 0 Å². The standard InChI is InChI=1S/C15H18N4O6S/c1-2-25-15(21)19(7-6-16)10-11(9-17)14(20)18-12-4-3-5-13(8-12)26(22,23)24/h3-5,8,10H,2,6-7,16H2,1H3,(H,18,20)(H,22,23,24)/b11-10-. The van der Waals surface area contributed by atoms with Gasteiger partial charge in [0.15, 0.2) is 0 Å². The number of hydrogen-bond acceptors (Lipinski definition) is 7. The summed E-state index contributed by atoms with van der Waals surface area (Å²) in [5, 5.41) is 11.5. The Hall–Kier alpha value is -2.94. The molecule has 0 aliphatic heterocycles. The Labute approximate surface area is 150 Å². The van der Waals surface area contributed by atoms with Crippen LogP contribution in [0.15, 0.2) is 40.9 Å². The number of nitrogens with two attached hydrogens (primary N) is 1. The van der Waals surface area contributed by atoms with E-state index in [0.29, 0.717) is 0 Å². The fourth-order valence-electron chi connectivity index (χ4n) is 1.78. The Morgan fingerprint density at radius 1 is 1.46 bits per heavy atom. The van der Waals surface area contributed by atoms with Crippen LogP contribution in [0.3, 0.4) is 0 Å². The van der Waals surface area contributed by atoms with Crippen molar-refractivity contribution in [2.45, 2.75) is 11.8 Å². The molecule has 11 heteroatoms. The Morgan fingerprint density at radius 2 is 2.15 bits per heavy atom. The van der Waals surface area contributed by atoms with Crippen LogP contribution in [0.1, 0.15) is 6.92 Å². The molecule has 26 heavy (non-hydrogen) atoms. The smallest absolute Gasteiger partial charge is 0.413 e. The van der Waals surface area contributed by atoms with Crippen molar-refractivity contribution >= 4 is 27.8 Å². The molecule has 140 valence electrons. The average Bonchev–Trinajstić information content (AvgIpc) is 2.58. The molecule has 0 aliphatic rings. The quantitative estimate of drug-likeness (QED) is 0.352. The van der Waals surface area contributed by atoms with Gasteiger partial charge in [-0.25, -0.2) is 4.79 Å². The maximum Gasteiger partial charge on any atom is 0.413 e. The second kappa shape index (κ2) is 9.52. The summed E-state index contributed by atoms with van der Waals surface area (Å²) in [4.78, 5) is 24.5. The number of ether oxygens (including phenoxy) is 1. The van der Waals surface area contributed by atoms with Crippen LogP contribution >= 0.6 is 0 Å². The van der Waals surface area contributed by atoms with Crippen molar-refractivity contribution in [3.8, 4) is 6.07 Å². The molecule has 10 nitrogen and oxygen atoms in total. The SMILES string of the molecule is CCOC(=O)N(/C=C(/C#N)C(=O)Nc1cccc(S(=O)(=O)O)c1)CCN. The van der Waals surface area contributed by atoms with Gasteiger partial charge in [0.25, 0.3) is 16.0 Å². The first-order valence-corrected chi connectivity index (χ1v) is 8.81. The van der Waals surface area contributed by atoms with Crippen molar-refractivity contribution in [3.05, 3.63) is 36.0 Å². The molecule has 0 saturated heterocycles. The molecule has 1 aromatic carbocycles. The van der Waals surface area contributed by atoms with E-state index in [9.17, 15) is 18.0 Å². The maximum atomic E-state index is 12.2. The van der Waals surface area contributed by atoms with Crippen LogP contribution in [-0.4, -0.2) is 49.6 Å². The first-order chi connectivity index (χ1) is 12.2. The normalized spacial score (nSPS) is 11.4. The van der Waals surface area contributed by atoms with Gasteiger partial charge >= 0.3 is 6.09 Å². The number of carbonyl (C=O) groups is 2. The van der Waals surface area contributed by atoms with E-state index in [4.69, 9.17) is 20.3 Å². The van der Waals surface area contributed by atoms with Gasteiger partial charge in [-0.15, -0.1) is 0 Å². The van der Waals surface area contributed by atoms with Gasteiger partial charge < -0.3 is 15.8 Å². The van der Waals surface area contributed by atoms with E-state index >= 15 is 0 Å². The molecule has 0 unspecified atom stereocenters. The molecule has 0 spiro atoms. The highest BCUT2D eigenvalue weighted by Gasteiger charge is 2.17. The second-order valence-electron chi connectivity index (χ2n) is 4.79. The van der Waals surface area contributed by atoms with Gasteiger partial charge in [0.1, 0.15) is 11.6 Å². The van der Waals surface area contributed by atoms with E-state index in [1.54, 1.807) is 13.0 Å². The van der Waals surface area contributed by atoms with Crippen LogP contribution in [0.5, 0.6) is 0 Å². The summed E-state index contributed by atoms with van der Waals surface area (Å²) in [6.45, 7) is 1.80. The lowest BCUT2D eigenvalue weighted by Crippen LogP contribution is -2.32. The van der Waals surface area contributed by atoms with Gasteiger partial charge in [-0.3, -0.25) is 14.2 Å². The average molecular weight is 382 g/mol. The zero-order valence-electron chi connectivity index (χ0n) is 13.9. The number of nitrogens with zero attached hydrogens (tertiary/aromatic N) is 2. The minimum absolute atomic E-state index is 0.0233. The van der Waals surface area contributed by atoms with Crippen molar-refractivity contribution in [1.82, 2.24) is 4.90 Å². The summed E-state index contributed by atoms with van der Waals surface area (Å²) in [6, 6.07) is 6.46. The van der Waals surface area contributed by atoms with E-state index < -0.39 is 32.6 Å². The number of rotatable bonds is 7. The number of carbonyl (C=O) groups excluding carboxylic acids is 2. The van der Waals surface area contributed by atoms with Gasteiger partial charge in [0.2, 0.25) is 0 Å². The number of nitrogens with one attached hydrogen (secondary N) is 1. The van der Waals surface area contributed by atoms with Crippen LogP contribution in [-0.2, 0) is 19.6 Å². The molecule has 2 amide bonds. The lowest BCUT2D eigenvalue weighted by Gasteiger charge is -2.17. The molecular weight excluding hydrogens is 364 g/mol. The highest BCUT2D eigenvalue weighted by molar-refractivity contribution is 7.85. The first-order valence-electron chi connectivity index (χ1n) is 7.37. The Balaban J connectivity index is 3.05. The Morgan fingerprint density at radius 3 is 2.69 bits per heavy atom. The van der Waals surface area contributed by atoms with Crippen LogP contribution in [0, 0.1) is 11.3 Å². The second-order valence-corrected chi connectivity index (χ2v) is 6.21. The third-order valence-electron chi connectivity index (χ3n) is 2.91. The molecule has 0 saturated carbocycles. The molecule has 1 aromatic rings. The monoisotopic (exact) mass is 382 g/mol. The van der Waals surface area contributed by atoms with Crippen LogP contribution < -0.4 is 11.1 Å². The largest absolute Gasteiger partial charge is 0.449 e. The lowest BCUT2D eigenvalue weighted by molar-refractivity contribution is -0.112. The van der Waals surface area contributed by atoms with Crippen LogP contribution in [0.25, 0.3) is 0 Å². The summed E-state index contributed by atoms with van der Waals surface area (Å²) >= 11 is 0. The van der Waals surface area contributed by atoms with Gasteiger partial charge in [0, 0.05) is 25.0 Å². The first kappa shape index (κ1) is 21.1. The fourth-order valence-corrected chi connectivity index (χ4v) is 2.31. The Bertz CT molecular complexity index is 844. The number of amides is 2. The van der Waals surface area contributed by atoms with Crippen molar-refractivity contribution in [1.29, 1.82) is 5.26 Å². The minimum atomic E-state index is -4.45. The Kier molecular flexibility index (Phi) is 7.73. The van der Waals surface area contributed by atoms with Gasteiger partial charge in [-0.2, -0.15) is 13.7 Å². The third kappa shape index (κ3) is 6.17. The summed E-state index contributed by atoms with van der Waals surface area (Å²) in [6.07, 6.45) is 0.221. The molecular formula is C15H18N4O6S. The maximum absolute atomic E-state index is 12.2. The van der Waals surface area contributed by atoms with Gasteiger partial charge in [-0.05, 0) is 25.1 Å². The van der Waals surface area contributed by atoms with E-state index in [0.717, 1.165) is 23.2 Å². The number of benzene rings is 1. The van der Waals surface area contributed by atoms with Crippen LogP contribution in [0.4, 0.5) is 10.5 Å². The molecule has 0 radical (unpaired) electrons. The fraction of sp³-hybridized carbons (Fsp3) is 0.267. The highest BCUT2D eigenvalue weighted by atomic mass is 32.2. The van der Waals surface area contributed by atoms with E-state index in [1.165, 1.54) is 12.1 Å². The number of hydrogen-bond donors (Lipinski definition) is 3. The van der Waals surface area contributed by atoms with E-state index in [-0.39, 0.29) is 25.4 Å². The molecule has 0 fully saturated rings. The zero-order chi connectivity index (χ0) is 19.7.